The Kier molecular flexibility index (Phi) is 14.1. The van der Waals surface area contributed by atoms with Crippen LogP contribution in [0.2, 0.25) is 0 Å². The van der Waals surface area contributed by atoms with E-state index in [1.54, 1.807) is 16.0 Å². The summed E-state index contributed by atoms with van der Waals surface area (Å²) in [7, 11) is -4.08. The number of rotatable bonds is 18. The summed E-state index contributed by atoms with van der Waals surface area (Å²) in [5.74, 6) is -0.712. The third-order valence-electron chi connectivity index (χ3n) is 9.78. The Morgan fingerprint density at radius 1 is 0.945 bits per heavy atom. The Morgan fingerprint density at radius 2 is 1.65 bits per heavy atom. The molecule has 2 aromatic carbocycles. The van der Waals surface area contributed by atoms with Crippen molar-refractivity contribution in [1.82, 2.24) is 29.4 Å². The average molecular weight is 770 g/mol. The van der Waals surface area contributed by atoms with E-state index in [0.29, 0.717) is 36.5 Å². The number of pyridine rings is 2. The minimum Gasteiger partial charge on any atom is -0.411 e. The fourth-order valence-corrected chi connectivity index (χ4v) is 8.35. The number of sulfonamides is 1. The van der Waals surface area contributed by atoms with Crippen LogP contribution in [0.5, 0.6) is 0 Å². The highest BCUT2D eigenvalue weighted by Gasteiger charge is 2.41. The molecule has 292 valence electrons. The second kappa shape index (κ2) is 18.9. The molecular formula is C41H51N7O6S. The third kappa shape index (κ3) is 10.5. The van der Waals surface area contributed by atoms with Gasteiger partial charge in [-0.05, 0) is 65.8 Å². The molecule has 4 atom stereocenters. The number of carbonyl (C=O) groups excluding carboxylic acids is 2. The van der Waals surface area contributed by atoms with Gasteiger partial charge in [-0.25, -0.2) is 18.2 Å². The number of hydrogen-bond acceptors (Lipinski definition) is 9. The van der Waals surface area contributed by atoms with E-state index in [1.165, 1.54) is 34.8 Å². The van der Waals surface area contributed by atoms with Crippen molar-refractivity contribution < 1.29 is 28.3 Å². The van der Waals surface area contributed by atoms with Crippen molar-refractivity contribution in [2.24, 2.45) is 17.0 Å². The van der Waals surface area contributed by atoms with E-state index in [0.717, 1.165) is 11.3 Å². The summed E-state index contributed by atoms with van der Waals surface area (Å²) in [6.45, 7) is 8.50. The predicted octanol–water partition coefficient (Wildman–Crippen LogP) is 5.04. The van der Waals surface area contributed by atoms with Crippen LogP contribution in [0.4, 0.5) is 4.79 Å². The van der Waals surface area contributed by atoms with Crippen LogP contribution in [0, 0.1) is 11.8 Å². The number of hydrogen-bond donors (Lipinski definition) is 3. The zero-order chi connectivity index (χ0) is 39.5. The number of benzene rings is 2. The molecule has 3 amide bonds. The van der Waals surface area contributed by atoms with Crippen LogP contribution in [0.25, 0.3) is 11.4 Å². The molecule has 3 heterocycles. The fraction of sp³-hybridized carbons (Fsp3) is 0.390. The number of nitrogens with one attached hydrogen (secondary N) is 1. The molecule has 2 aromatic heterocycles. The highest BCUT2D eigenvalue weighted by atomic mass is 32.2. The molecule has 14 heteroatoms. The molecule has 55 heavy (non-hydrogen) atoms. The Balaban J connectivity index is 1.36. The Morgan fingerprint density at radius 3 is 2.31 bits per heavy atom. The maximum atomic E-state index is 14.4. The first-order valence-electron chi connectivity index (χ1n) is 18.6. The lowest BCUT2D eigenvalue weighted by Crippen LogP contribution is -2.57. The number of nitrogens with zero attached hydrogens (tertiary/aromatic N) is 6. The van der Waals surface area contributed by atoms with Crippen LogP contribution in [0.3, 0.4) is 0 Å². The summed E-state index contributed by atoms with van der Waals surface area (Å²) < 4.78 is 29.2. The SMILES string of the molecule is CC[C@H](C)[C@@H](C(=O)N[C@@H](Cc1ccccc1)[C@H](O)CN(CC(C)C)S(=O)(=O)c1ccc(C=NO)cc1)N1CCN(Cc2cccc(-c3ccccn3)n2)C1=O. The molecule has 1 aliphatic rings. The Labute approximate surface area is 323 Å². The van der Waals surface area contributed by atoms with Crippen molar-refractivity contribution in [2.45, 2.75) is 70.2 Å². The molecule has 0 bridgehead atoms. The van der Waals surface area contributed by atoms with Gasteiger partial charge in [-0.3, -0.25) is 9.78 Å². The second-order valence-electron chi connectivity index (χ2n) is 14.4. The van der Waals surface area contributed by atoms with Gasteiger partial charge in [0, 0.05) is 32.4 Å². The van der Waals surface area contributed by atoms with E-state index in [2.05, 4.69) is 15.5 Å². The van der Waals surface area contributed by atoms with E-state index in [-0.39, 0.29) is 48.8 Å². The lowest BCUT2D eigenvalue weighted by atomic mass is 9.95. The van der Waals surface area contributed by atoms with E-state index >= 15 is 0 Å². The van der Waals surface area contributed by atoms with Gasteiger partial charge >= 0.3 is 6.03 Å². The number of aliphatic hydroxyl groups is 1. The highest BCUT2D eigenvalue weighted by Crippen LogP contribution is 2.25. The third-order valence-corrected chi connectivity index (χ3v) is 11.6. The summed E-state index contributed by atoms with van der Waals surface area (Å²) in [6.07, 6.45) is 2.44. The van der Waals surface area contributed by atoms with E-state index in [9.17, 15) is 23.1 Å². The van der Waals surface area contributed by atoms with E-state index in [4.69, 9.17) is 10.2 Å². The highest BCUT2D eigenvalue weighted by molar-refractivity contribution is 7.89. The largest absolute Gasteiger partial charge is 0.411 e. The molecule has 1 saturated heterocycles. The number of aromatic nitrogens is 2. The Hall–Kier alpha value is -5.18. The van der Waals surface area contributed by atoms with Crippen molar-refractivity contribution in [3.05, 3.63) is 114 Å². The summed E-state index contributed by atoms with van der Waals surface area (Å²) in [5.41, 5.74) is 3.49. The summed E-state index contributed by atoms with van der Waals surface area (Å²) in [6, 6.07) is 24.5. The van der Waals surface area contributed by atoms with Gasteiger partial charge in [0.1, 0.15) is 6.04 Å². The monoisotopic (exact) mass is 769 g/mol. The molecule has 3 N–H and O–H groups in total. The molecule has 4 aromatic rings. The van der Waals surface area contributed by atoms with Crippen molar-refractivity contribution >= 4 is 28.2 Å². The van der Waals surface area contributed by atoms with Crippen LogP contribution in [-0.2, 0) is 27.8 Å². The van der Waals surface area contributed by atoms with Gasteiger partial charge in [0.25, 0.3) is 0 Å². The molecule has 0 unspecified atom stereocenters. The first-order chi connectivity index (χ1) is 26.4. The van der Waals surface area contributed by atoms with Crippen LogP contribution >= 0.6 is 0 Å². The summed E-state index contributed by atoms with van der Waals surface area (Å²) in [4.78, 5) is 40.8. The number of carbonyl (C=O) groups is 2. The van der Waals surface area contributed by atoms with Crippen LogP contribution in [0.1, 0.15) is 50.9 Å². The quantitative estimate of drug-likeness (QED) is 0.0719. The number of urea groups is 1. The van der Waals surface area contributed by atoms with Crippen molar-refractivity contribution in [1.29, 1.82) is 0 Å². The molecule has 1 aliphatic heterocycles. The molecule has 0 aliphatic carbocycles. The maximum absolute atomic E-state index is 14.4. The smallest absolute Gasteiger partial charge is 0.321 e. The van der Waals surface area contributed by atoms with Crippen molar-refractivity contribution in [3.63, 3.8) is 0 Å². The zero-order valence-corrected chi connectivity index (χ0v) is 32.6. The molecule has 0 radical (unpaired) electrons. The second-order valence-corrected chi connectivity index (χ2v) is 16.3. The maximum Gasteiger partial charge on any atom is 0.321 e. The Bertz CT molecular complexity index is 2000. The van der Waals surface area contributed by atoms with Gasteiger partial charge in [0.15, 0.2) is 0 Å². The number of oxime groups is 1. The van der Waals surface area contributed by atoms with Gasteiger partial charge in [-0.15, -0.1) is 0 Å². The van der Waals surface area contributed by atoms with Crippen molar-refractivity contribution in [3.8, 4) is 11.4 Å². The lowest BCUT2D eigenvalue weighted by Gasteiger charge is -2.35. The van der Waals surface area contributed by atoms with Crippen molar-refractivity contribution in [2.75, 3.05) is 26.2 Å². The molecule has 5 rings (SSSR count). The van der Waals surface area contributed by atoms with E-state index < -0.39 is 34.1 Å². The zero-order valence-electron chi connectivity index (χ0n) is 31.8. The van der Waals surface area contributed by atoms with Gasteiger partial charge in [0.05, 0.1) is 46.9 Å². The standard InChI is InChI=1S/C41H51N7O6S/c1-5-30(4)39(48-23-22-46(41(48)51)27-33-14-11-16-36(44-33)35-15-9-10-21-42-35)40(50)45-37(24-31-12-7-6-8-13-31)38(49)28-47(26-29(2)3)55(53,54)34-19-17-32(18-20-34)25-43-52/h6-21,25,29-30,37-39,49,52H,5,22-24,26-28H2,1-4H3,(H,45,50)/t30-,37-,38+,39-/m0/s1. The fourth-order valence-electron chi connectivity index (χ4n) is 6.73. The lowest BCUT2D eigenvalue weighted by molar-refractivity contribution is -0.128. The molecule has 13 nitrogen and oxygen atoms in total. The van der Waals surface area contributed by atoms with Crippen LogP contribution in [-0.4, -0.2) is 105 Å². The van der Waals surface area contributed by atoms with Gasteiger partial charge in [0.2, 0.25) is 15.9 Å². The van der Waals surface area contributed by atoms with E-state index in [1.807, 2.05) is 94.4 Å². The van der Waals surface area contributed by atoms with Gasteiger partial charge < -0.3 is 25.4 Å². The van der Waals surface area contributed by atoms with Gasteiger partial charge in [-0.2, -0.15) is 4.31 Å². The predicted molar refractivity (Wildman–Crippen MR) is 211 cm³/mol. The van der Waals surface area contributed by atoms with Gasteiger partial charge in [-0.1, -0.05) is 93.9 Å². The topological polar surface area (TPSA) is 169 Å². The molecule has 0 spiro atoms. The summed E-state index contributed by atoms with van der Waals surface area (Å²) in [5, 5.41) is 26.8. The minimum atomic E-state index is -4.08. The number of aliphatic hydroxyl groups excluding tert-OH is 1. The number of amides is 3. The van der Waals surface area contributed by atoms with Crippen LogP contribution in [0.15, 0.2) is 107 Å². The van der Waals surface area contributed by atoms with Crippen LogP contribution < -0.4 is 5.32 Å². The average Bonchev–Trinajstić information content (AvgIpc) is 3.53. The molecule has 1 fully saturated rings. The normalized spacial score (nSPS) is 15.8. The first kappa shape index (κ1) is 41.0. The minimum absolute atomic E-state index is 0.0201. The molecular weight excluding hydrogens is 719 g/mol. The first-order valence-corrected chi connectivity index (χ1v) is 20.1. The summed E-state index contributed by atoms with van der Waals surface area (Å²) >= 11 is 0. The molecule has 0 saturated carbocycles.